The van der Waals surface area contributed by atoms with Crippen LogP contribution in [0.2, 0.25) is 0 Å². The van der Waals surface area contributed by atoms with E-state index in [0.29, 0.717) is 18.8 Å². The number of nitrogens with zero attached hydrogens (tertiary/aromatic N) is 4. The molecule has 0 atom stereocenters. The third kappa shape index (κ3) is 3.16. The second kappa shape index (κ2) is 5.61. The summed E-state index contributed by atoms with van der Waals surface area (Å²) in [7, 11) is -3.33. The van der Waals surface area contributed by atoms with Crippen molar-refractivity contribution < 1.29 is 12.9 Å². The summed E-state index contributed by atoms with van der Waals surface area (Å²) in [6.45, 7) is 3.04. The van der Waals surface area contributed by atoms with Crippen LogP contribution >= 0.6 is 0 Å². The molecule has 1 saturated heterocycles. The normalized spacial score (nSPS) is 18.1. The van der Waals surface area contributed by atoms with E-state index in [4.69, 9.17) is 0 Å². The highest BCUT2D eigenvalue weighted by Gasteiger charge is 2.29. The number of hydrogen-bond acceptors (Lipinski definition) is 5. The molecule has 2 aromatic rings. The first-order valence-corrected chi connectivity index (χ1v) is 8.53. The van der Waals surface area contributed by atoms with Gasteiger partial charge in [-0.1, -0.05) is 5.16 Å². The van der Waals surface area contributed by atoms with E-state index in [1.807, 2.05) is 24.0 Å². The van der Waals surface area contributed by atoms with Crippen LogP contribution in [0.4, 0.5) is 0 Å². The molecule has 0 unspecified atom stereocenters. The van der Waals surface area contributed by atoms with E-state index in [-0.39, 0.29) is 11.8 Å². The second-order valence-electron chi connectivity index (χ2n) is 5.37. The zero-order valence-corrected chi connectivity index (χ0v) is 12.7. The van der Waals surface area contributed by atoms with Crippen LogP contribution in [-0.4, -0.2) is 40.7 Å². The Hall–Kier alpha value is -1.67. The monoisotopic (exact) mass is 310 g/mol. The lowest BCUT2D eigenvalue weighted by Gasteiger charge is -2.31. The number of rotatable bonds is 4. The minimum absolute atomic E-state index is 0.102. The summed E-state index contributed by atoms with van der Waals surface area (Å²) in [5.74, 6) is -0.102. The Bertz CT molecular complexity index is 685. The van der Waals surface area contributed by atoms with E-state index in [2.05, 4.69) is 14.8 Å². The molecule has 0 saturated carbocycles. The maximum Gasteiger partial charge on any atom is 0.219 e. The minimum atomic E-state index is -3.33. The fourth-order valence-corrected chi connectivity index (χ4v) is 4.08. The Morgan fingerprint density at radius 2 is 2.14 bits per heavy atom. The summed E-state index contributed by atoms with van der Waals surface area (Å²) in [5.41, 5.74) is 1.57. The smallest absolute Gasteiger partial charge is 0.219 e. The lowest BCUT2D eigenvalue weighted by Crippen LogP contribution is -2.39. The van der Waals surface area contributed by atoms with Gasteiger partial charge in [0.25, 0.3) is 0 Å². The standard InChI is InChI=1S/C13H18N4O3S/c1-11-8-14-17(9-11)13-2-5-16(6-3-13)21(18,19)10-12-4-7-20-15-12/h4,7-9,13H,2-3,5-6,10H2,1H3. The molecule has 1 fully saturated rings. The molecule has 2 aromatic heterocycles. The number of aromatic nitrogens is 3. The summed E-state index contributed by atoms with van der Waals surface area (Å²) in [4.78, 5) is 0. The number of piperidine rings is 1. The highest BCUT2D eigenvalue weighted by Crippen LogP contribution is 2.24. The first-order chi connectivity index (χ1) is 10.0. The van der Waals surface area contributed by atoms with Crippen molar-refractivity contribution in [2.24, 2.45) is 0 Å². The van der Waals surface area contributed by atoms with Gasteiger partial charge in [0.05, 0.1) is 17.9 Å². The van der Waals surface area contributed by atoms with Crippen LogP contribution < -0.4 is 0 Å². The van der Waals surface area contributed by atoms with Gasteiger partial charge in [-0.2, -0.15) is 5.10 Å². The predicted octanol–water partition coefficient (Wildman–Crippen LogP) is 1.35. The largest absolute Gasteiger partial charge is 0.364 e. The molecule has 0 amide bonds. The highest BCUT2D eigenvalue weighted by molar-refractivity contribution is 7.88. The lowest BCUT2D eigenvalue weighted by atomic mass is 10.1. The van der Waals surface area contributed by atoms with Crippen molar-refractivity contribution in [2.75, 3.05) is 13.1 Å². The van der Waals surface area contributed by atoms with Crippen molar-refractivity contribution in [1.82, 2.24) is 19.2 Å². The van der Waals surface area contributed by atoms with Crippen LogP contribution in [0.1, 0.15) is 30.1 Å². The molecule has 0 aromatic carbocycles. The molecule has 8 heteroatoms. The second-order valence-corrected chi connectivity index (χ2v) is 7.34. The average Bonchev–Trinajstić information content (AvgIpc) is 3.10. The molecule has 3 rings (SSSR count). The molecule has 0 N–H and O–H groups in total. The Morgan fingerprint density at radius 1 is 1.38 bits per heavy atom. The molecule has 114 valence electrons. The predicted molar refractivity (Wildman–Crippen MR) is 75.9 cm³/mol. The molecule has 3 heterocycles. The van der Waals surface area contributed by atoms with Crippen molar-refractivity contribution in [3.63, 3.8) is 0 Å². The Balaban J connectivity index is 1.62. The van der Waals surface area contributed by atoms with Gasteiger partial charge in [0.15, 0.2) is 0 Å². The summed E-state index contributed by atoms with van der Waals surface area (Å²) in [6.07, 6.45) is 6.77. The number of sulfonamides is 1. The van der Waals surface area contributed by atoms with Gasteiger partial charge in [-0.15, -0.1) is 0 Å². The Kier molecular flexibility index (Phi) is 3.81. The van der Waals surface area contributed by atoms with E-state index >= 15 is 0 Å². The molecular formula is C13H18N4O3S. The van der Waals surface area contributed by atoms with E-state index in [9.17, 15) is 8.42 Å². The van der Waals surface area contributed by atoms with Gasteiger partial charge in [0, 0.05) is 25.4 Å². The summed E-state index contributed by atoms with van der Waals surface area (Å²) >= 11 is 0. The third-order valence-corrected chi connectivity index (χ3v) is 5.56. The fourth-order valence-electron chi connectivity index (χ4n) is 2.61. The van der Waals surface area contributed by atoms with E-state index in [1.54, 1.807) is 6.07 Å². The van der Waals surface area contributed by atoms with Crippen molar-refractivity contribution in [3.05, 3.63) is 36.0 Å². The Labute approximate surface area is 123 Å². The molecule has 0 bridgehead atoms. The van der Waals surface area contributed by atoms with Gasteiger partial charge in [0.2, 0.25) is 10.0 Å². The zero-order chi connectivity index (χ0) is 14.9. The van der Waals surface area contributed by atoms with Crippen molar-refractivity contribution in [3.8, 4) is 0 Å². The molecule has 0 spiro atoms. The molecule has 0 aliphatic carbocycles. The van der Waals surface area contributed by atoms with E-state index in [0.717, 1.165) is 18.4 Å². The first kappa shape index (κ1) is 14.3. The van der Waals surface area contributed by atoms with Gasteiger partial charge < -0.3 is 4.52 Å². The molecule has 1 aliphatic heterocycles. The van der Waals surface area contributed by atoms with Gasteiger partial charge in [-0.25, -0.2) is 12.7 Å². The average molecular weight is 310 g/mol. The van der Waals surface area contributed by atoms with Crippen LogP contribution in [0, 0.1) is 6.92 Å². The van der Waals surface area contributed by atoms with Gasteiger partial charge in [0.1, 0.15) is 12.0 Å². The summed E-state index contributed by atoms with van der Waals surface area (Å²) < 4.78 is 32.8. The van der Waals surface area contributed by atoms with Crippen molar-refractivity contribution in [1.29, 1.82) is 0 Å². The SMILES string of the molecule is Cc1cnn(C2CCN(S(=O)(=O)Cc3ccon3)CC2)c1. The molecule has 0 radical (unpaired) electrons. The zero-order valence-electron chi connectivity index (χ0n) is 11.8. The van der Waals surface area contributed by atoms with Gasteiger partial charge >= 0.3 is 0 Å². The maximum atomic E-state index is 12.3. The van der Waals surface area contributed by atoms with Crippen LogP contribution in [0.25, 0.3) is 0 Å². The van der Waals surface area contributed by atoms with Gasteiger partial charge in [-0.3, -0.25) is 4.68 Å². The molecule has 1 aliphatic rings. The lowest BCUT2D eigenvalue weighted by molar-refractivity contribution is 0.260. The van der Waals surface area contributed by atoms with Crippen molar-refractivity contribution in [2.45, 2.75) is 31.6 Å². The molecule has 7 nitrogen and oxygen atoms in total. The minimum Gasteiger partial charge on any atom is -0.364 e. The summed E-state index contributed by atoms with van der Waals surface area (Å²) in [6, 6.07) is 1.86. The molecule has 21 heavy (non-hydrogen) atoms. The van der Waals surface area contributed by atoms with E-state index in [1.165, 1.54) is 10.6 Å². The topological polar surface area (TPSA) is 81.2 Å². The van der Waals surface area contributed by atoms with Crippen LogP contribution in [0.15, 0.2) is 29.2 Å². The highest BCUT2D eigenvalue weighted by atomic mass is 32.2. The molecular weight excluding hydrogens is 292 g/mol. The quantitative estimate of drug-likeness (QED) is 0.851. The first-order valence-electron chi connectivity index (χ1n) is 6.92. The fraction of sp³-hybridized carbons (Fsp3) is 0.538. The summed E-state index contributed by atoms with van der Waals surface area (Å²) in [5, 5.41) is 7.98. The van der Waals surface area contributed by atoms with Gasteiger partial charge in [-0.05, 0) is 25.3 Å². The maximum absolute atomic E-state index is 12.3. The Morgan fingerprint density at radius 3 is 2.71 bits per heavy atom. The van der Waals surface area contributed by atoms with E-state index < -0.39 is 10.0 Å². The number of aryl methyl sites for hydroxylation is 1. The van der Waals surface area contributed by atoms with Crippen LogP contribution in [0.3, 0.4) is 0 Å². The van der Waals surface area contributed by atoms with Crippen LogP contribution in [0.5, 0.6) is 0 Å². The third-order valence-electron chi connectivity index (χ3n) is 3.74. The number of hydrogen-bond donors (Lipinski definition) is 0. The van der Waals surface area contributed by atoms with Crippen LogP contribution in [-0.2, 0) is 15.8 Å². The van der Waals surface area contributed by atoms with Crippen molar-refractivity contribution >= 4 is 10.0 Å².